The number of hydrogen-bond donors (Lipinski definition) is 0. The van der Waals surface area contributed by atoms with Gasteiger partial charge in [0.15, 0.2) is 6.61 Å². The molecule has 24 heavy (non-hydrogen) atoms. The Balaban J connectivity index is 1.78. The molecule has 0 unspecified atom stereocenters. The molecule has 3 heterocycles. The Morgan fingerprint density at radius 1 is 1.12 bits per heavy atom. The molecule has 0 saturated carbocycles. The Labute approximate surface area is 134 Å². The molecule has 0 amide bonds. The predicted molar refractivity (Wildman–Crippen MR) is 79.9 cm³/mol. The molecule has 0 aromatic carbocycles. The van der Waals surface area contributed by atoms with Crippen LogP contribution in [-0.2, 0) is 13.6 Å². The Bertz CT molecular complexity index is 913. The van der Waals surface area contributed by atoms with E-state index in [0.29, 0.717) is 11.2 Å². The number of halogens is 3. The number of aryl methyl sites for hydroxylation is 1. The quantitative estimate of drug-likeness (QED) is 0.731. The van der Waals surface area contributed by atoms with Crippen molar-refractivity contribution in [2.24, 2.45) is 7.05 Å². The van der Waals surface area contributed by atoms with Crippen LogP contribution in [0.15, 0.2) is 41.5 Å². The van der Waals surface area contributed by atoms with E-state index in [1.165, 1.54) is 16.7 Å². The number of ether oxygens (including phenoxy) is 1. The maximum Gasteiger partial charge on any atom is 0.422 e. The summed E-state index contributed by atoms with van der Waals surface area (Å²) in [6, 6.07) is 6.42. The van der Waals surface area contributed by atoms with Crippen LogP contribution in [0, 0.1) is 0 Å². The van der Waals surface area contributed by atoms with Crippen LogP contribution in [0.1, 0.15) is 5.69 Å². The minimum atomic E-state index is -4.43. The molecule has 0 radical (unpaired) electrons. The first-order valence-electron chi connectivity index (χ1n) is 7.00. The van der Waals surface area contributed by atoms with Gasteiger partial charge >= 0.3 is 6.18 Å². The largest absolute Gasteiger partial charge is 0.467 e. The standard InChI is InChI=1S/C15H13F3N4O2/c1-21-6-4-10-5-7-22(14(23)13(10)21)8-11-2-3-12(20-19-11)24-9-15(16,17)18/h2-7H,8-9H2,1H3. The van der Waals surface area contributed by atoms with E-state index in [1.807, 2.05) is 12.1 Å². The smallest absolute Gasteiger partial charge is 0.422 e. The van der Waals surface area contributed by atoms with E-state index in [4.69, 9.17) is 0 Å². The molecule has 0 aliphatic carbocycles. The summed E-state index contributed by atoms with van der Waals surface area (Å²) >= 11 is 0. The maximum atomic E-state index is 12.4. The Morgan fingerprint density at radius 3 is 2.54 bits per heavy atom. The van der Waals surface area contributed by atoms with E-state index < -0.39 is 12.8 Å². The fraction of sp³-hybridized carbons (Fsp3) is 0.267. The number of pyridine rings is 1. The van der Waals surface area contributed by atoms with Crippen molar-refractivity contribution >= 4 is 10.9 Å². The normalized spacial score (nSPS) is 11.8. The van der Waals surface area contributed by atoms with Gasteiger partial charge in [-0.05, 0) is 18.2 Å². The van der Waals surface area contributed by atoms with Crippen molar-refractivity contribution in [1.82, 2.24) is 19.3 Å². The van der Waals surface area contributed by atoms with Crippen molar-refractivity contribution in [2.75, 3.05) is 6.61 Å². The number of fused-ring (bicyclic) bond motifs is 1. The van der Waals surface area contributed by atoms with Gasteiger partial charge in [0.25, 0.3) is 5.56 Å². The third kappa shape index (κ3) is 3.39. The van der Waals surface area contributed by atoms with Crippen LogP contribution in [0.5, 0.6) is 5.88 Å². The van der Waals surface area contributed by atoms with Crippen molar-refractivity contribution in [2.45, 2.75) is 12.7 Å². The third-order valence-corrected chi connectivity index (χ3v) is 3.41. The van der Waals surface area contributed by atoms with Gasteiger partial charge in [-0.15, -0.1) is 10.2 Å². The molecule has 3 aromatic heterocycles. The zero-order valence-corrected chi connectivity index (χ0v) is 12.6. The van der Waals surface area contributed by atoms with Crippen LogP contribution in [0.25, 0.3) is 10.9 Å². The third-order valence-electron chi connectivity index (χ3n) is 3.41. The van der Waals surface area contributed by atoms with E-state index in [1.54, 1.807) is 24.0 Å². The van der Waals surface area contributed by atoms with Crippen molar-refractivity contribution in [3.63, 3.8) is 0 Å². The molecule has 0 aliphatic heterocycles. The van der Waals surface area contributed by atoms with E-state index in [2.05, 4.69) is 14.9 Å². The van der Waals surface area contributed by atoms with E-state index >= 15 is 0 Å². The lowest BCUT2D eigenvalue weighted by atomic mass is 10.3. The second kappa shape index (κ2) is 5.99. The second-order valence-electron chi connectivity index (χ2n) is 5.25. The number of aromatic nitrogens is 4. The van der Waals surface area contributed by atoms with Crippen LogP contribution in [0.2, 0.25) is 0 Å². The van der Waals surface area contributed by atoms with Crippen LogP contribution in [0.4, 0.5) is 13.2 Å². The zero-order valence-electron chi connectivity index (χ0n) is 12.6. The van der Waals surface area contributed by atoms with Crippen molar-refractivity contribution < 1.29 is 17.9 Å². The SMILES string of the molecule is Cn1ccc2ccn(Cc3ccc(OCC(F)(F)F)nn3)c(=O)c21. The highest BCUT2D eigenvalue weighted by atomic mass is 19.4. The average molecular weight is 338 g/mol. The zero-order chi connectivity index (χ0) is 17.3. The molecule has 0 saturated heterocycles. The minimum Gasteiger partial charge on any atom is -0.467 e. The summed E-state index contributed by atoms with van der Waals surface area (Å²) in [5.74, 6) is -0.221. The molecule has 3 rings (SSSR count). The number of nitrogens with zero attached hydrogens (tertiary/aromatic N) is 4. The molecule has 9 heteroatoms. The fourth-order valence-corrected chi connectivity index (χ4v) is 2.30. The summed E-state index contributed by atoms with van der Waals surface area (Å²) in [5, 5.41) is 8.22. The fourth-order valence-electron chi connectivity index (χ4n) is 2.30. The second-order valence-corrected chi connectivity index (χ2v) is 5.25. The number of hydrogen-bond acceptors (Lipinski definition) is 4. The van der Waals surface area contributed by atoms with Gasteiger partial charge in [-0.1, -0.05) is 0 Å². The lowest BCUT2D eigenvalue weighted by molar-refractivity contribution is -0.154. The van der Waals surface area contributed by atoms with Crippen LogP contribution in [-0.4, -0.2) is 32.1 Å². The highest BCUT2D eigenvalue weighted by Gasteiger charge is 2.28. The molecule has 3 aromatic rings. The summed E-state index contributed by atoms with van der Waals surface area (Å²) in [7, 11) is 1.78. The summed E-state index contributed by atoms with van der Waals surface area (Å²) in [6.07, 6.45) is -0.998. The van der Waals surface area contributed by atoms with Gasteiger partial charge in [0.1, 0.15) is 5.52 Å². The summed E-state index contributed by atoms with van der Waals surface area (Å²) in [6.45, 7) is -1.27. The molecular weight excluding hydrogens is 325 g/mol. The lowest BCUT2D eigenvalue weighted by Crippen LogP contribution is -2.22. The molecule has 6 nitrogen and oxygen atoms in total. The van der Waals surface area contributed by atoms with Gasteiger partial charge in [0.2, 0.25) is 5.88 Å². The first-order valence-corrected chi connectivity index (χ1v) is 7.00. The average Bonchev–Trinajstić information content (AvgIpc) is 2.90. The number of rotatable bonds is 4. The highest BCUT2D eigenvalue weighted by molar-refractivity contribution is 5.78. The van der Waals surface area contributed by atoms with Crippen molar-refractivity contribution in [1.29, 1.82) is 0 Å². The number of alkyl halides is 3. The van der Waals surface area contributed by atoms with Crippen molar-refractivity contribution in [3.05, 3.63) is 52.7 Å². The Hall–Kier alpha value is -2.84. The topological polar surface area (TPSA) is 61.9 Å². The molecule has 0 N–H and O–H groups in total. The van der Waals surface area contributed by atoms with Crippen LogP contribution in [0.3, 0.4) is 0 Å². The molecule has 0 fully saturated rings. The summed E-state index contributed by atoms with van der Waals surface area (Å²) < 4.78 is 43.9. The Morgan fingerprint density at radius 2 is 1.88 bits per heavy atom. The van der Waals surface area contributed by atoms with E-state index in [-0.39, 0.29) is 18.0 Å². The minimum absolute atomic E-state index is 0.159. The molecule has 126 valence electrons. The molecule has 0 aliphatic rings. The molecule has 0 spiro atoms. The summed E-state index contributed by atoms with van der Waals surface area (Å²) in [4.78, 5) is 12.4. The van der Waals surface area contributed by atoms with E-state index in [9.17, 15) is 18.0 Å². The maximum absolute atomic E-state index is 12.4. The van der Waals surface area contributed by atoms with Gasteiger partial charge in [-0.2, -0.15) is 13.2 Å². The Kier molecular flexibility index (Phi) is 4.00. The lowest BCUT2D eigenvalue weighted by Gasteiger charge is -2.09. The highest BCUT2D eigenvalue weighted by Crippen LogP contribution is 2.16. The van der Waals surface area contributed by atoms with Crippen LogP contribution < -0.4 is 10.3 Å². The van der Waals surface area contributed by atoms with Gasteiger partial charge in [-0.25, -0.2) is 0 Å². The predicted octanol–water partition coefficient (Wildman–Crippen LogP) is 2.12. The molecular formula is C15H13F3N4O2. The molecule has 0 bridgehead atoms. The summed E-state index contributed by atoms with van der Waals surface area (Å²) in [5.41, 5.74) is 0.819. The van der Waals surface area contributed by atoms with E-state index in [0.717, 1.165) is 5.39 Å². The van der Waals surface area contributed by atoms with Crippen molar-refractivity contribution in [3.8, 4) is 5.88 Å². The van der Waals surface area contributed by atoms with Gasteiger partial charge in [0.05, 0.1) is 12.2 Å². The van der Waals surface area contributed by atoms with Crippen LogP contribution >= 0.6 is 0 Å². The van der Waals surface area contributed by atoms with Gasteiger partial charge in [-0.3, -0.25) is 4.79 Å². The first-order chi connectivity index (χ1) is 11.3. The monoisotopic (exact) mass is 338 g/mol. The van der Waals surface area contributed by atoms with Gasteiger partial charge in [0, 0.05) is 30.9 Å². The molecule has 0 atom stereocenters. The first kappa shape index (κ1) is 16.0. The van der Waals surface area contributed by atoms with Gasteiger partial charge < -0.3 is 13.9 Å².